The second-order valence-electron chi connectivity index (χ2n) is 4.33. The van der Waals surface area contributed by atoms with Gasteiger partial charge in [0.25, 0.3) is 0 Å². The average Bonchev–Trinajstić information content (AvgIpc) is 2.39. The molecule has 1 aromatic carbocycles. The van der Waals surface area contributed by atoms with E-state index in [1.54, 1.807) is 18.7 Å². The van der Waals surface area contributed by atoms with Gasteiger partial charge in [-0.15, -0.1) is 11.8 Å². The second kappa shape index (κ2) is 8.99. The number of aliphatic hydroxyl groups excluding tert-OH is 1. The normalized spacial score (nSPS) is 13.8. The van der Waals surface area contributed by atoms with Crippen LogP contribution in [-0.2, 0) is 9.53 Å². The van der Waals surface area contributed by atoms with Gasteiger partial charge in [-0.2, -0.15) is 0 Å². The minimum atomic E-state index is -0.663. The molecular formula is C15H22O3S. The van der Waals surface area contributed by atoms with E-state index in [4.69, 9.17) is 4.74 Å². The van der Waals surface area contributed by atoms with Gasteiger partial charge in [-0.05, 0) is 25.5 Å². The molecule has 19 heavy (non-hydrogen) atoms. The van der Waals surface area contributed by atoms with Crippen LogP contribution in [0.2, 0.25) is 0 Å². The molecule has 0 saturated carbocycles. The van der Waals surface area contributed by atoms with Crippen LogP contribution in [0.15, 0.2) is 35.2 Å². The highest BCUT2D eigenvalue weighted by Gasteiger charge is 2.23. The van der Waals surface area contributed by atoms with Gasteiger partial charge in [-0.3, -0.25) is 4.79 Å². The van der Waals surface area contributed by atoms with Gasteiger partial charge >= 0.3 is 5.97 Å². The third-order valence-electron chi connectivity index (χ3n) is 2.71. The number of rotatable bonds is 8. The summed E-state index contributed by atoms with van der Waals surface area (Å²) in [6.45, 7) is 4.21. The number of carbonyl (C=O) groups excluding carboxylic acids is 1. The van der Waals surface area contributed by atoms with Crippen LogP contribution >= 0.6 is 11.8 Å². The quantitative estimate of drug-likeness (QED) is 0.587. The summed E-state index contributed by atoms with van der Waals surface area (Å²) in [5.74, 6) is -0.329. The number of ether oxygens (including phenoxy) is 1. The predicted octanol–water partition coefficient (Wildman–Crippen LogP) is 3.26. The minimum Gasteiger partial charge on any atom is -0.466 e. The zero-order chi connectivity index (χ0) is 14.1. The fraction of sp³-hybridized carbons (Fsp3) is 0.533. The standard InChI is InChI=1S/C15H22O3S/c1-3-8-14(13(16)11-15(17)18-4-2)19-12-9-6-5-7-10-12/h5-7,9-10,13-14,16H,3-4,8,11H2,1-2H3/t13-,14+/m0/s1. The molecule has 0 unspecified atom stereocenters. The van der Waals surface area contributed by atoms with Gasteiger partial charge in [0, 0.05) is 10.1 Å². The minimum absolute atomic E-state index is 0.0248. The number of hydrogen-bond donors (Lipinski definition) is 1. The number of hydrogen-bond acceptors (Lipinski definition) is 4. The molecule has 3 nitrogen and oxygen atoms in total. The lowest BCUT2D eigenvalue weighted by Gasteiger charge is -2.21. The van der Waals surface area contributed by atoms with E-state index in [1.807, 2.05) is 30.3 Å². The molecule has 1 N–H and O–H groups in total. The summed E-state index contributed by atoms with van der Waals surface area (Å²) in [5.41, 5.74) is 0. The van der Waals surface area contributed by atoms with E-state index >= 15 is 0 Å². The van der Waals surface area contributed by atoms with Gasteiger partial charge < -0.3 is 9.84 Å². The van der Waals surface area contributed by atoms with Crippen LogP contribution in [0.25, 0.3) is 0 Å². The maximum Gasteiger partial charge on any atom is 0.308 e. The molecule has 0 radical (unpaired) electrons. The van der Waals surface area contributed by atoms with Gasteiger partial charge in [0.1, 0.15) is 0 Å². The first-order valence-electron chi connectivity index (χ1n) is 6.72. The lowest BCUT2D eigenvalue weighted by molar-refractivity contribution is -0.145. The maximum absolute atomic E-state index is 11.4. The Hall–Kier alpha value is -1.00. The van der Waals surface area contributed by atoms with Gasteiger partial charge in [0.2, 0.25) is 0 Å². The first-order valence-corrected chi connectivity index (χ1v) is 7.60. The summed E-state index contributed by atoms with van der Waals surface area (Å²) in [7, 11) is 0. The monoisotopic (exact) mass is 282 g/mol. The van der Waals surface area contributed by atoms with Crippen molar-refractivity contribution in [2.24, 2.45) is 0 Å². The number of thioether (sulfide) groups is 1. The first kappa shape index (κ1) is 16.1. The third kappa shape index (κ3) is 6.12. The van der Waals surface area contributed by atoms with Crippen LogP contribution in [0.3, 0.4) is 0 Å². The summed E-state index contributed by atoms with van der Waals surface area (Å²) in [6, 6.07) is 9.95. The summed E-state index contributed by atoms with van der Waals surface area (Å²) in [4.78, 5) is 12.5. The zero-order valence-electron chi connectivity index (χ0n) is 11.5. The van der Waals surface area contributed by atoms with Crippen LogP contribution in [0.1, 0.15) is 33.1 Å². The predicted molar refractivity (Wildman–Crippen MR) is 78.3 cm³/mol. The summed E-state index contributed by atoms with van der Waals surface area (Å²) >= 11 is 1.62. The Morgan fingerprint density at radius 1 is 1.32 bits per heavy atom. The summed E-state index contributed by atoms with van der Waals surface area (Å²) < 4.78 is 4.88. The third-order valence-corrected chi connectivity index (χ3v) is 4.11. The van der Waals surface area contributed by atoms with E-state index in [1.165, 1.54) is 0 Å². The first-order chi connectivity index (χ1) is 9.17. The second-order valence-corrected chi connectivity index (χ2v) is 5.65. The fourth-order valence-electron chi connectivity index (χ4n) is 1.81. The molecule has 1 aromatic rings. The number of carbonyl (C=O) groups is 1. The molecule has 2 atom stereocenters. The van der Waals surface area contributed by atoms with E-state index in [0.717, 1.165) is 17.7 Å². The van der Waals surface area contributed by atoms with Crippen molar-refractivity contribution in [2.75, 3.05) is 6.61 Å². The van der Waals surface area contributed by atoms with Gasteiger partial charge in [0.05, 0.1) is 19.1 Å². The van der Waals surface area contributed by atoms with Crippen molar-refractivity contribution in [3.8, 4) is 0 Å². The molecule has 0 aliphatic carbocycles. The van der Waals surface area contributed by atoms with Gasteiger partial charge in [-0.1, -0.05) is 31.5 Å². The van der Waals surface area contributed by atoms with Crippen molar-refractivity contribution in [3.63, 3.8) is 0 Å². The molecule has 0 fully saturated rings. The molecule has 0 saturated heterocycles. The molecule has 0 heterocycles. The molecule has 0 amide bonds. The molecule has 0 aliphatic heterocycles. The Labute approximate surface area is 119 Å². The zero-order valence-corrected chi connectivity index (χ0v) is 12.4. The average molecular weight is 282 g/mol. The van der Waals surface area contributed by atoms with Crippen molar-refractivity contribution < 1.29 is 14.6 Å². The van der Waals surface area contributed by atoms with E-state index < -0.39 is 6.10 Å². The van der Waals surface area contributed by atoms with Crippen LogP contribution in [0, 0.1) is 0 Å². The van der Waals surface area contributed by atoms with Gasteiger partial charge in [0.15, 0.2) is 0 Å². The van der Waals surface area contributed by atoms with Crippen LogP contribution < -0.4 is 0 Å². The fourth-order valence-corrected chi connectivity index (χ4v) is 3.08. The highest BCUT2D eigenvalue weighted by Crippen LogP contribution is 2.29. The Bertz CT molecular complexity index is 367. The van der Waals surface area contributed by atoms with Crippen molar-refractivity contribution in [1.29, 1.82) is 0 Å². The molecular weight excluding hydrogens is 260 g/mol. The Morgan fingerprint density at radius 2 is 2.00 bits per heavy atom. The Morgan fingerprint density at radius 3 is 2.58 bits per heavy atom. The van der Waals surface area contributed by atoms with Crippen molar-refractivity contribution in [2.45, 2.75) is 49.4 Å². The van der Waals surface area contributed by atoms with Crippen molar-refractivity contribution >= 4 is 17.7 Å². The van der Waals surface area contributed by atoms with Gasteiger partial charge in [-0.25, -0.2) is 0 Å². The summed E-state index contributed by atoms with van der Waals surface area (Å²) in [6.07, 6.45) is 1.26. The van der Waals surface area contributed by atoms with E-state index in [0.29, 0.717) is 6.61 Å². The molecule has 4 heteroatoms. The molecule has 0 bridgehead atoms. The number of aliphatic hydroxyl groups is 1. The highest BCUT2D eigenvalue weighted by molar-refractivity contribution is 8.00. The SMILES string of the molecule is CCC[C@@H](Sc1ccccc1)[C@@H](O)CC(=O)OCC. The lowest BCUT2D eigenvalue weighted by atomic mass is 10.1. The topological polar surface area (TPSA) is 46.5 Å². The van der Waals surface area contributed by atoms with E-state index in [2.05, 4.69) is 6.92 Å². The number of esters is 1. The van der Waals surface area contributed by atoms with E-state index in [9.17, 15) is 9.90 Å². The van der Waals surface area contributed by atoms with Crippen molar-refractivity contribution in [1.82, 2.24) is 0 Å². The van der Waals surface area contributed by atoms with E-state index in [-0.39, 0.29) is 17.6 Å². The van der Waals surface area contributed by atoms with Crippen molar-refractivity contribution in [3.05, 3.63) is 30.3 Å². The molecule has 106 valence electrons. The molecule has 1 rings (SSSR count). The molecule has 0 aromatic heterocycles. The molecule has 0 spiro atoms. The van der Waals surface area contributed by atoms with Crippen LogP contribution in [-0.4, -0.2) is 29.0 Å². The largest absolute Gasteiger partial charge is 0.466 e. The lowest BCUT2D eigenvalue weighted by Crippen LogP contribution is -2.27. The van der Waals surface area contributed by atoms with Crippen LogP contribution in [0.5, 0.6) is 0 Å². The summed E-state index contributed by atoms with van der Waals surface area (Å²) in [5, 5.41) is 10.2. The van der Waals surface area contributed by atoms with Crippen LogP contribution in [0.4, 0.5) is 0 Å². The molecule has 0 aliphatic rings. The smallest absolute Gasteiger partial charge is 0.308 e. The highest BCUT2D eigenvalue weighted by atomic mass is 32.2. The maximum atomic E-state index is 11.4. The number of benzene rings is 1. The Kier molecular flexibility index (Phi) is 7.60. The Balaban J connectivity index is 2.58.